The average Bonchev–Trinajstić information content (AvgIpc) is 2.13. The summed E-state index contributed by atoms with van der Waals surface area (Å²) >= 11 is 0. The number of carbonyl (C=O) groups excluding carboxylic acids is 1. The SMILES string of the molecule is Cc1cc(C)c(C#N)c(OCC(N)=O)n1. The van der Waals surface area contributed by atoms with Crippen molar-refractivity contribution in [1.29, 1.82) is 5.26 Å². The van der Waals surface area contributed by atoms with Crippen LogP contribution in [0.3, 0.4) is 0 Å². The fourth-order valence-electron chi connectivity index (χ4n) is 1.18. The van der Waals surface area contributed by atoms with E-state index in [0.717, 1.165) is 11.3 Å². The third-order valence-corrected chi connectivity index (χ3v) is 1.77. The van der Waals surface area contributed by atoms with Crippen LogP contribution in [0.1, 0.15) is 16.8 Å². The van der Waals surface area contributed by atoms with E-state index in [4.69, 9.17) is 15.7 Å². The van der Waals surface area contributed by atoms with Crippen LogP contribution in [0.25, 0.3) is 0 Å². The predicted octanol–water partition coefficient (Wildman–Crippen LogP) is 0.434. The van der Waals surface area contributed by atoms with Gasteiger partial charge in [0.15, 0.2) is 6.61 Å². The van der Waals surface area contributed by atoms with E-state index < -0.39 is 5.91 Å². The van der Waals surface area contributed by atoms with E-state index >= 15 is 0 Å². The third kappa shape index (κ3) is 2.68. The van der Waals surface area contributed by atoms with E-state index in [1.54, 1.807) is 19.9 Å². The Kier molecular flexibility index (Phi) is 3.24. The maximum absolute atomic E-state index is 10.5. The first-order chi connectivity index (χ1) is 7.04. The summed E-state index contributed by atoms with van der Waals surface area (Å²) in [7, 11) is 0. The molecule has 0 aliphatic carbocycles. The first kappa shape index (κ1) is 11.0. The third-order valence-electron chi connectivity index (χ3n) is 1.77. The molecule has 0 aliphatic rings. The molecule has 0 radical (unpaired) electrons. The first-order valence-electron chi connectivity index (χ1n) is 4.34. The topological polar surface area (TPSA) is 89.0 Å². The van der Waals surface area contributed by atoms with Crippen molar-refractivity contribution in [3.8, 4) is 11.9 Å². The molecule has 0 spiro atoms. The summed E-state index contributed by atoms with van der Waals surface area (Å²) in [6.45, 7) is 3.29. The fourth-order valence-corrected chi connectivity index (χ4v) is 1.18. The van der Waals surface area contributed by atoms with Crippen molar-refractivity contribution in [2.45, 2.75) is 13.8 Å². The molecule has 0 saturated carbocycles. The van der Waals surface area contributed by atoms with Gasteiger partial charge in [0.25, 0.3) is 5.91 Å². The molecule has 1 aromatic rings. The van der Waals surface area contributed by atoms with Crippen molar-refractivity contribution < 1.29 is 9.53 Å². The summed E-state index contributed by atoms with van der Waals surface area (Å²) in [6, 6.07) is 3.75. The van der Waals surface area contributed by atoms with Crippen LogP contribution in [0.5, 0.6) is 5.88 Å². The van der Waals surface area contributed by atoms with Gasteiger partial charge in [0.2, 0.25) is 5.88 Å². The molecule has 5 nitrogen and oxygen atoms in total. The van der Waals surface area contributed by atoms with Gasteiger partial charge in [-0.2, -0.15) is 5.26 Å². The molecule has 1 rings (SSSR count). The van der Waals surface area contributed by atoms with Gasteiger partial charge in [-0.05, 0) is 25.5 Å². The second-order valence-corrected chi connectivity index (χ2v) is 3.13. The Hall–Kier alpha value is -2.09. The molecule has 2 N–H and O–H groups in total. The Balaban J connectivity index is 3.05. The smallest absolute Gasteiger partial charge is 0.255 e. The van der Waals surface area contributed by atoms with E-state index in [1.807, 2.05) is 6.07 Å². The number of aromatic nitrogens is 1. The molecular weight excluding hydrogens is 194 g/mol. The van der Waals surface area contributed by atoms with Crippen LogP contribution in [0.15, 0.2) is 6.07 Å². The number of hydrogen-bond acceptors (Lipinski definition) is 4. The summed E-state index contributed by atoms with van der Waals surface area (Å²) < 4.78 is 5.04. The molecule has 0 unspecified atom stereocenters. The highest BCUT2D eigenvalue weighted by atomic mass is 16.5. The molecule has 0 bridgehead atoms. The van der Waals surface area contributed by atoms with E-state index in [0.29, 0.717) is 5.56 Å². The van der Waals surface area contributed by atoms with Crippen LogP contribution in [0.4, 0.5) is 0 Å². The lowest BCUT2D eigenvalue weighted by Gasteiger charge is -2.07. The minimum absolute atomic E-state index is 0.161. The van der Waals surface area contributed by atoms with E-state index in [9.17, 15) is 4.79 Å². The van der Waals surface area contributed by atoms with Crippen molar-refractivity contribution in [2.75, 3.05) is 6.61 Å². The van der Waals surface area contributed by atoms with Gasteiger partial charge < -0.3 is 10.5 Å². The summed E-state index contributed by atoms with van der Waals surface area (Å²) in [4.78, 5) is 14.6. The van der Waals surface area contributed by atoms with Crippen LogP contribution in [0, 0.1) is 25.2 Å². The molecule has 1 heterocycles. The lowest BCUT2D eigenvalue weighted by Crippen LogP contribution is -2.21. The molecule has 0 fully saturated rings. The lowest BCUT2D eigenvalue weighted by molar-refractivity contribution is -0.120. The summed E-state index contributed by atoms with van der Waals surface area (Å²) in [6.07, 6.45) is 0. The minimum Gasteiger partial charge on any atom is -0.467 e. The normalized spacial score (nSPS) is 9.40. The monoisotopic (exact) mass is 205 g/mol. The Bertz CT molecular complexity index is 435. The van der Waals surface area contributed by atoms with Crippen LogP contribution in [-0.4, -0.2) is 17.5 Å². The van der Waals surface area contributed by atoms with E-state index in [2.05, 4.69) is 4.98 Å². The summed E-state index contributed by atoms with van der Waals surface area (Å²) in [5.41, 5.74) is 6.76. The van der Waals surface area contributed by atoms with Crippen molar-refractivity contribution in [3.05, 3.63) is 22.9 Å². The van der Waals surface area contributed by atoms with Gasteiger partial charge in [0, 0.05) is 5.69 Å². The Morgan fingerprint density at radius 3 is 2.87 bits per heavy atom. The van der Waals surface area contributed by atoms with Gasteiger partial charge >= 0.3 is 0 Å². The second kappa shape index (κ2) is 4.42. The highest BCUT2D eigenvalue weighted by Crippen LogP contribution is 2.19. The van der Waals surface area contributed by atoms with Gasteiger partial charge in [-0.25, -0.2) is 4.98 Å². The van der Waals surface area contributed by atoms with Crippen LogP contribution in [-0.2, 0) is 4.79 Å². The molecular formula is C10H11N3O2. The maximum atomic E-state index is 10.5. The van der Waals surface area contributed by atoms with Crippen LogP contribution >= 0.6 is 0 Å². The minimum atomic E-state index is -0.597. The van der Waals surface area contributed by atoms with Crippen molar-refractivity contribution in [2.24, 2.45) is 5.73 Å². The number of nitrogens with two attached hydrogens (primary N) is 1. The Morgan fingerprint density at radius 1 is 1.67 bits per heavy atom. The zero-order valence-electron chi connectivity index (χ0n) is 8.57. The van der Waals surface area contributed by atoms with Crippen LogP contribution in [0.2, 0.25) is 0 Å². The molecule has 0 aliphatic heterocycles. The number of hydrogen-bond donors (Lipinski definition) is 1. The Morgan fingerprint density at radius 2 is 2.33 bits per heavy atom. The largest absolute Gasteiger partial charge is 0.467 e. The second-order valence-electron chi connectivity index (χ2n) is 3.13. The molecule has 1 amide bonds. The highest BCUT2D eigenvalue weighted by Gasteiger charge is 2.10. The highest BCUT2D eigenvalue weighted by molar-refractivity contribution is 5.75. The fraction of sp³-hybridized carbons (Fsp3) is 0.300. The standard InChI is InChI=1S/C10H11N3O2/c1-6-3-7(2)13-10(8(6)4-11)15-5-9(12)14/h3H,5H2,1-2H3,(H2,12,14). The van der Waals surface area contributed by atoms with Crippen molar-refractivity contribution in [3.63, 3.8) is 0 Å². The Labute approximate surface area is 87.5 Å². The van der Waals surface area contributed by atoms with Gasteiger partial charge in [0.05, 0.1) is 0 Å². The number of primary amides is 1. The molecule has 0 saturated heterocycles. The van der Waals surface area contributed by atoms with Gasteiger partial charge in [-0.1, -0.05) is 0 Å². The number of carbonyl (C=O) groups is 1. The van der Waals surface area contributed by atoms with Gasteiger partial charge in [-0.3, -0.25) is 4.79 Å². The quantitative estimate of drug-likeness (QED) is 0.775. The van der Waals surface area contributed by atoms with Crippen molar-refractivity contribution >= 4 is 5.91 Å². The molecule has 15 heavy (non-hydrogen) atoms. The zero-order chi connectivity index (χ0) is 11.4. The lowest BCUT2D eigenvalue weighted by atomic mass is 10.1. The average molecular weight is 205 g/mol. The van der Waals surface area contributed by atoms with Gasteiger partial charge in [-0.15, -0.1) is 0 Å². The number of nitriles is 1. The molecule has 5 heteroatoms. The zero-order valence-corrected chi connectivity index (χ0v) is 8.57. The number of amides is 1. The first-order valence-corrected chi connectivity index (χ1v) is 4.34. The summed E-state index contributed by atoms with van der Waals surface area (Å²) in [5.74, 6) is -0.436. The summed E-state index contributed by atoms with van der Waals surface area (Å²) in [5, 5.41) is 8.87. The van der Waals surface area contributed by atoms with Crippen LogP contribution < -0.4 is 10.5 Å². The van der Waals surface area contributed by atoms with Gasteiger partial charge in [0.1, 0.15) is 11.6 Å². The van der Waals surface area contributed by atoms with E-state index in [-0.39, 0.29) is 12.5 Å². The molecule has 0 atom stereocenters. The number of rotatable bonds is 3. The maximum Gasteiger partial charge on any atom is 0.255 e. The molecule has 78 valence electrons. The number of aryl methyl sites for hydroxylation is 2. The number of pyridine rings is 1. The molecule has 0 aromatic carbocycles. The molecule has 1 aromatic heterocycles. The predicted molar refractivity (Wildman–Crippen MR) is 53.1 cm³/mol. The number of ether oxygens (including phenoxy) is 1. The van der Waals surface area contributed by atoms with Crippen molar-refractivity contribution in [1.82, 2.24) is 4.98 Å². The number of nitrogens with zero attached hydrogens (tertiary/aromatic N) is 2. The van der Waals surface area contributed by atoms with E-state index in [1.165, 1.54) is 0 Å².